The molecule has 46 valence electrons. The van der Waals surface area contributed by atoms with Crippen molar-refractivity contribution in [3.63, 3.8) is 0 Å². The second kappa shape index (κ2) is 2.33. The SMILES string of the molecule is O=C1CC(CCl)ON1. The van der Waals surface area contributed by atoms with Gasteiger partial charge in [-0.15, -0.1) is 11.6 Å². The van der Waals surface area contributed by atoms with Crippen molar-refractivity contribution in [2.24, 2.45) is 0 Å². The van der Waals surface area contributed by atoms with Crippen molar-refractivity contribution in [2.75, 3.05) is 5.88 Å². The highest BCUT2D eigenvalue weighted by molar-refractivity contribution is 6.18. The monoisotopic (exact) mass is 135 g/mol. The van der Waals surface area contributed by atoms with E-state index in [-0.39, 0.29) is 12.0 Å². The fourth-order valence-electron chi connectivity index (χ4n) is 0.525. The lowest BCUT2D eigenvalue weighted by Gasteiger charge is -1.96. The van der Waals surface area contributed by atoms with E-state index in [4.69, 9.17) is 11.6 Å². The molecule has 0 bridgehead atoms. The van der Waals surface area contributed by atoms with Gasteiger partial charge >= 0.3 is 0 Å². The first kappa shape index (κ1) is 5.85. The second-order valence-electron chi connectivity index (χ2n) is 1.62. The van der Waals surface area contributed by atoms with E-state index in [2.05, 4.69) is 10.3 Å². The van der Waals surface area contributed by atoms with Gasteiger partial charge in [-0.1, -0.05) is 0 Å². The van der Waals surface area contributed by atoms with E-state index in [9.17, 15) is 4.79 Å². The lowest BCUT2D eigenvalue weighted by atomic mass is 10.3. The predicted molar refractivity (Wildman–Crippen MR) is 28.4 cm³/mol. The molecule has 0 aromatic rings. The first-order valence-electron chi connectivity index (χ1n) is 2.33. The number of alkyl halides is 1. The summed E-state index contributed by atoms with van der Waals surface area (Å²) >= 11 is 5.36. The molecule has 1 saturated heterocycles. The van der Waals surface area contributed by atoms with E-state index in [0.717, 1.165) is 0 Å². The molecule has 1 fully saturated rings. The second-order valence-corrected chi connectivity index (χ2v) is 1.93. The molecular weight excluding hydrogens is 130 g/mol. The zero-order chi connectivity index (χ0) is 5.98. The number of hydroxylamine groups is 1. The number of halogens is 1. The number of hydrogen-bond acceptors (Lipinski definition) is 2. The van der Waals surface area contributed by atoms with Gasteiger partial charge in [-0.3, -0.25) is 9.63 Å². The molecular formula is C4H6ClNO2. The van der Waals surface area contributed by atoms with Crippen LogP contribution in [-0.4, -0.2) is 17.9 Å². The van der Waals surface area contributed by atoms with Crippen LogP contribution >= 0.6 is 11.6 Å². The first-order valence-corrected chi connectivity index (χ1v) is 2.87. The fraction of sp³-hybridized carbons (Fsp3) is 0.750. The smallest absolute Gasteiger partial charge is 0.246 e. The van der Waals surface area contributed by atoms with Gasteiger partial charge in [0, 0.05) is 0 Å². The number of hydrogen-bond donors (Lipinski definition) is 1. The molecule has 4 heteroatoms. The predicted octanol–water partition coefficient (Wildman–Crippen LogP) is 0.0453. The molecule has 1 aliphatic heterocycles. The Hall–Kier alpha value is -0.280. The van der Waals surface area contributed by atoms with Crippen LogP contribution < -0.4 is 5.48 Å². The van der Waals surface area contributed by atoms with Gasteiger partial charge < -0.3 is 0 Å². The lowest BCUT2D eigenvalue weighted by molar-refractivity contribution is -0.124. The largest absolute Gasteiger partial charge is 0.273 e. The van der Waals surface area contributed by atoms with Crippen molar-refractivity contribution >= 4 is 17.5 Å². The number of rotatable bonds is 1. The molecule has 1 amide bonds. The van der Waals surface area contributed by atoms with Crippen LogP contribution in [0.3, 0.4) is 0 Å². The molecule has 1 atom stereocenters. The minimum Gasteiger partial charge on any atom is -0.273 e. The Morgan fingerprint density at radius 3 is 3.00 bits per heavy atom. The van der Waals surface area contributed by atoms with Crippen molar-refractivity contribution in [1.29, 1.82) is 0 Å². The van der Waals surface area contributed by atoms with Crippen LogP contribution in [0.1, 0.15) is 6.42 Å². The van der Waals surface area contributed by atoms with Gasteiger partial charge in [0.1, 0.15) is 6.10 Å². The average molecular weight is 136 g/mol. The van der Waals surface area contributed by atoms with Gasteiger partial charge in [0.15, 0.2) is 0 Å². The lowest BCUT2D eigenvalue weighted by Crippen LogP contribution is -2.12. The first-order chi connectivity index (χ1) is 3.83. The van der Waals surface area contributed by atoms with E-state index in [0.29, 0.717) is 12.3 Å². The molecule has 1 N–H and O–H groups in total. The molecule has 1 heterocycles. The molecule has 3 nitrogen and oxygen atoms in total. The summed E-state index contributed by atoms with van der Waals surface area (Å²) in [4.78, 5) is 15.0. The van der Waals surface area contributed by atoms with Gasteiger partial charge in [0.25, 0.3) is 0 Å². The summed E-state index contributed by atoms with van der Waals surface area (Å²) in [7, 11) is 0. The Morgan fingerprint density at radius 2 is 2.75 bits per heavy atom. The van der Waals surface area contributed by atoms with Crippen molar-refractivity contribution in [3.05, 3.63) is 0 Å². The van der Waals surface area contributed by atoms with Crippen LogP contribution in [0.15, 0.2) is 0 Å². The van der Waals surface area contributed by atoms with E-state index in [1.54, 1.807) is 0 Å². The van der Waals surface area contributed by atoms with Gasteiger partial charge in [-0.25, -0.2) is 5.48 Å². The zero-order valence-electron chi connectivity index (χ0n) is 4.19. The molecule has 0 aliphatic carbocycles. The maximum absolute atomic E-state index is 10.3. The molecule has 0 saturated carbocycles. The summed E-state index contributed by atoms with van der Waals surface area (Å²) in [5, 5.41) is 0. The number of amides is 1. The van der Waals surface area contributed by atoms with Crippen molar-refractivity contribution < 1.29 is 9.63 Å². The zero-order valence-corrected chi connectivity index (χ0v) is 4.94. The Morgan fingerprint density at radius 1 is 2.00 bits per heavy atom. The molecule has 1 rings (SSSR count). The Bertz CT molecular complexity index is 106. The highest BCUT2D eigenvalue weighted by Gasteiger charge is 2.20. The van der Waals surface area contributed by atoms with Crippen LogP contribution in [0.2, 0.25) is 0 Å². The minimum atomic E-state index is -0.121. The summed E-state index contributed by atoms with van der Waals surface area (Å²) < 4.78 is 0. The van der Waals surface area contributed by atoms with Crippen LogP contribution in [0.25, 0.3) is 0 Å². The van der Waals surface area contributed by atoms with Crippen LogP contribution in [0.4, 0.5) is 0 Å². The summed E-state index contributed by atoms with van der Waals surface area (Å²) in [5.74, 6) is 0.286. The van der Waals surface area contributed by atoms with Crippen molar-refractivity contribution in [3.8, 4) is 0 Å². The van der Waals surface area contributed by atoms with Gasteiger partial charge in [0.2, 0.25) is 5.91 Å². The van der Waals surface area contributed by atoms with E-state index in [1.807, 2.05) is 0 Å². The number of carbonyl (C=O) groups is 1. The molecule has 1 unspecified atom stereocenters. The third-order valence-electron chi connectivity index (χ3n) is 0.925. The molecule has 0 aromatic heterocycles. The maximum Gasteiger partial charge on any atom is 0.246 e. The standard InChI is InChI=1S/C4H6ClNO2/c5-2-3-1-4(7)6-8-3/h3H,1-2H2,(H,6,7). The summed E-state index contributed by atoms with van der Waals surface area (Å²) in [6.45, 7) is 0. The normalized spacial score (nSPS) is 28.1. The van der Waals surface area contributed by atoms with Gasteiger partial charge in [-0.05, 0) is 0 Å². The van der Waals surface area contributed by atoms with Crippen LogP contribution in [0.5, 0.6) is 0 Å². The quantitative estimate of drug-likeness (QED) is 0.516. The number of nitrogens with one attached hydrogen (secondary N) is 1. The van der Waals surface area contributed by atoms with E-state index >= 15 is 0 Å². The Balaban J connectivity index is 2.32. The molecule has 0 aromatic carbocycles. The Kier molecular flexibility index (Phi) is 1.70. The fourth-order valence-corrected chi connectivity index (χ4v) is 0.697. The molecule has 1 aliphatic rings. The highest BCUT2D eigenvalue weighted by atomic mass is 35.5. The average Bonchev–Trinajstić information content (AvgIpc) is 2.14. The molecule has 0 radical (unpaired) electrons. The third kappa shape index (κ3) is 1.11. The highest BCUT2D eigenvalue weighted by Crippen LogP contribution is 2.04. The topological polar surface area (TPSA) is 38.3 Å². The van der Waals surface area contributed by atoms with Crippen LogP contribution in [-0.2, 0) is 9.63 Å². The Labute approximate surface area is 51.9 Å². The van der Waals surface area contributed by atoms with Gasteiger partial charge in [0.05, 0.1) is 12.3 Å². The summed E-state index contributed by atoms with van der Waals surface area (Å²) in [6.07, 6.45) is 0.271. The van der Waals surface area contributed by atoms with Gasteiger partial charge in [-0.2, -0.15) is 0 Å². The molecule has 8 heavy (non-hydrogen) atoms. The summed E-state index contributed by atoms with van der Waals surface area (Å²) in [6, 6.07) is 0. The number of carbonyl (C=O) groups excluding carboxylic acids is 1. The van der Waals surface area contributed by atoms with E-state index < -0.39 is 0 Å². The summed E-state index contributed by atoms with van der Waals surface area (Å²) in [5.41, 5.74) is 2.20. The van der Waals surface area contributed by atoms with Crippen LogP contribution in [0, 0.1) is 0 Å². The maximum atomic E-state index is 10.3. The van der Waals surface area contributed by atoms with E-state index in [1.165, 1.54) is 0 Å². The molecule has 0 spiro atoms. The van der Waals surface area contributed by atoms with Crippen molar-refractivity contribution in [2.45, 2.75) is 12.5 Å². The third-order valence-corrected chi connectivity index (χ3v) is 1.27. The minimum absolute atomic E-state index is 0.0874. The van der Waals surface area contributed by atoms with Crippen molar-refractivity contribution in [1.82, 2.24) is 5.48 Å².